The summed E-state index contributed by atoms with van der Waals surface area (Å²) < 4.78 is 0. The summed E-state index contributed by atoms with van der Waals surface area (Å²) in [5.41, 5.74) is 1.63. The number of benzene rings is 1. The van der Waals surface area contributed by atoms with E-state index in [9.17, 15) is 9.59 Å². The number of aromatic nitrogens is 2. The van der Waals surface area contributed by atoms with Crippen molar-refractivity contribution in [1.29, 1.82) is 0 Å². The molecule has 2 rings (SSSR count). The molecule has 6 nitrogen and oxygen atoms in total. The Morgan fingerprint density at radius 1 is 1.05 bits per heavy atom. The molecule has 0 aliphatic rings. The second-order valence-electron chi connectivity index (χ2n) is 5.86. The third-order valence-corrected chi connectivity index (χ3v) is 3.04. The van der Waals surface area contributed by atoms with E-state index in [2.05, 4.69) is 20.4 Å². The number of nitrogens with zero attached hydrogens (tertiary/aromatic N) is 2. The van der Waals surface area contributed by atoms with Crippen LogP contribution in [0.5, 0.6) is 0 Å². The van der Waals surface area contributed by atoms with Crippen LogP contribution in [0.1, 0.15) is 43.7 Å². The van der Waals surface area contributed by atoms with E-state index in [0.717, 1.165) is 0 Å². The molecule has 0 radical (unpaired) electrons. The fourth-order valence-corrected chi connectivity index (χ4v) is 1.86. The molecule has 1 aromatic carbocycles. The van der Waals surface area contributed by atoms with E-state index < -0.39 is 0 Å². The standard InChI is InChI=1S/C15H18N4O2/c1-9(20)10-5-7-11(8-6-10)16-17-12-13(15(2,3)4)18-19-14(12)21/h5-8H,1-4H3,(H2,18,19,21). The Morgan fingerprint density at radius 3 is 2.19 bits per heavy atom. The summed E-state index contributed by atoms with van der Waals surface area (Å²) in [6, 6.07) is 6.75. The Balaban J connectivity index is 2.32. The molecule has 0 aliphatic heterocycles. The van der Waals surface area contributed by atoms with Crippen molar-refractivity contribution in [3.05, 3.63) is 45.9 Å². The molecule has 110 valence electrons. The summed E-state index contributed by atoms with van der Waals surface area (Å²) in [6.45, 7) is 7.44. The highest BCUT2D eigenvalue weighted by Crippen LogP contribution is 2.27. The maximum Gasteiger partial charge on any atom is 0.292 e. The molecular formula is C15H18N4O2. The predicted octanol–water partition coefficient (Wildman–Crippen LogP) is 3.62. The highest BCUT2D eigenvalue weighted by Gasteiger charge is 2.22. The number of H-pyrrole nitrogens is 2. The predicted molar refractivity (Wildman–Crippen MR) is 80.7 cm³/mol. The molecule has 1 aromatic heterocycles. The number of carbonyl (C=O) groups is 1. The lowest BCUT2D eigenvalue weighted by Crippen LogP contribution is -2.12. The van der Waals surface area contributed by atoms with Crippen molar-refractivity contribution >= 4 is 17.2 Å². The molecule has 2 aromatic rings. The third-order valence-electron chi connectivity index (χ3n) is 3.04. The van der Waals surface area contributed by atoms with E-state index >= 15 is 0 Å². The Kier molecular flexibility index (Phi) is 3.88. The molecule has 21 heavy (non-hydrogen) atoms. The van der Waals surface area contributed by atoms with Gasteiger partial charge in [-0.2, -0.15) is 5.11 Å². The first-order chi connectivity index (χ1) is 9.79. The van der Waals surface area contributed by atoms with Crippen molar-refractivity contribution in [1.82, 2.24) is 10.2 Å². The largest absolute Gasteiger partial charge is 0.299 e. The van der Waals surface area contributed by atoms with E-state index in [1.54, 1.807) is 24.3 Å². The molecule has 0 saturated carbocycles. The Hall–Kier alpha value is -2.50. The summed E-state index contributed by atoms with van der Waals surface area (Å²) in [5, 5.41) is 13.5. The highest BCUT2D eigenvalue weighted by atomic mass is 16.1. The number of nitrogens with one attached hydrogen (secondary N) is 2. The first kappa shape index (κ1) is 14.9. The quantitative estimate of drug-likeness (QED) is 0.666. The first-order valence-electron chi connectivity index (χ1n) is 6.63. The summed E-state index contributed by atoms with van der Waals surface area (Å²) in [6.07, 6.45) is 0. The molecule has 0 spiro atoms. The van der Waals surface area contributed by atoms with Crippen LogP contribution in [0.15, 0.2) is 39.3 Å². The number of aromatic amines is 2. The van der Waals surface area contributed by atoms with Crippen LogP contribution in [-0.4, -0.2) is 16.0 Å². The fourth-order valence-electron chi connectivity index (χ4n) is 1.86. The van der Waals surface area contributed by atoms with E-state index in [4.69, 9.17) is 0 Å². The van der Waals surface area contributed by atoms with Gasteiger partial charge < -0.3 is 0 Å². The van der Waals surface area contributed by atoms with Gasteiger partial charge in [0.05, 0.1) is 11.4 Å². The highest BCUT2D eigenvalue weighted by molar-refractivity contribution is 5.94. The van der Waals surface area contributed by atoms with Crippen molar-refractivity contribution in [2.75, 3.05) is 0 Å². The van der Waals surface area contributed by atoms with E-state index in [0.29, 0.717) is 16.9 Å². The lowest BCUT2D eigenvalue weighted by molar-refractivity contribution is 0.101. The van der Waals surface area contributed by atoms with Gasteiger partial charge in [0.1, 0.15) is 0 Å². The molecule has 0 aliphatic carbocycles. The lowest BCUT2D eigenvalue weighted by Gasteiger charge is -2.15. The molecule has 6 heteroatoms. The number of hydrogen-bond acceptors (Lipinski definition) is 4. The van der Waals surface area contributed by atoms with Crippen molar-refractivity contribution in [3.8, 4) is 0 Å². The minimum atomic E-state index is -0.302. The fraction of sp³-hybridized carbons (Fsp3) is 0.333. The van der Waals surface area contributed by atoms with Gasteiger partial charge in [0.2, 0.25) is 0 Å². The Bertz CT molecular complexity index is 730. The second-order valence-corrected chi connectivity index (χ2v) is 5.86. The van der Waals surface area contributed by atoms with Gasteiger partial charge in [-0.15, -0.1) is 5.11 Å². The molecule has 0 fully saturated rings. The number of hydrogen-bond donors (Lipinski definition) is 2. The van der Waals surface area contributed by atoms with Gasteiger partial charge in [0.15, 0.2) is 11.5 Å². The smallest absolute Gasteiger partial charge is 0.292 e. The molecule has 2 N–H and O–H groups in total. The van der Waals surface area contributed by atoms with Gasteiger partial charge in [-0.25, -0.2) is 0 Å². The van der Waals surface area contributed by atoms with Crippen LogP contribution in [-0.2, 0) is 5.41 Å². The van der Waals surface area contributed by atoms with Crippen LogP contribution >= 0.6 is 0 Å². The van der Waals surface area contributed by atoms with Crippen molar-refractivity contribution in [3.63, 3.8) is 0 Å². The normalized spacial score (nSPS) is 12.0. The van der Waals surface area contributed by atoms with Gasteiger partial charge in [-0.3, -0.25) is 19.8 Å². The van der Waals surface area contributed by atoms with Gasteiger partial charge in [0, 0.05) is 11.0 Å². The van der Waals surface area contributed by atoms with Crippen molar-refractivity contribution in [2.45, 2.75) is 33.1 Å². The average Bonchev–Trinajstić information content (AvgIpc) is 2.78. The zero-order valence-electron chi connectivity index (χ0n) is 12.5. The van der Waals surface area contributed by atoms with Crippen LogP contribution < -0.4 is 5.56 Å². The van der Waals surface area contributed by atoms with Gasteiger partial charge in [-0.1, -0.05) is 20.8 Å². The zero-order chi connectivity index (χ0) is 15.6. The molecule has 0 saturated heterocycles. The average molecular weight is 286 g/mol. The topological polar surface area (TPSA) is 90.4 Å². The summed E-state index contributed by atoms with van der Waals surface area (Å²) >= 11 is 0. The molecular weight excluding hydrogens is 268 g/mol. The molecule has 0 amide bonds. The van der Waals surface area contributed by atoms with Crippen LogP contribution in [0.2, 0.25) is 0 Å². The van der Waals surface area contributed by atoms with Crippen LogP contribution in [0.4, 0.5) is 11.4 Å². The van der Waals surface area contributed by atoms with E-state index in [1.165, 1.54) is 6.92 Å². The summed E-state index contributed by atoms with van der Waals surface area (Å²) in [7, 11) is 0. The third kappa shape index (κ3) is 3.34. The number of carbonyl (C=O) groups excluding carboxylic acids is 1. The Morgan fingerprint density at radius 2 is 1.67 bits per heavy atom. The van der Waals surface area contributed by atoms with Gasteiger partial charge in [0.25, 0.3) is 5.56 Å². The molecule has 0 atom stereocenters. The monoisotopic (exact) mass is 286 g/mol. The van der Waals surface area contributed by atoms with Crippen LogP contribution in [0.3, 0.4) is 0 Å². The zero-order valence-corrected chi connectivity index (χ0v) is 12.5. The second kappa shape index (κ2) is 5.47. The van der Waals surface area contributed by atoms with Crippen LogP contribution in [0, 0.1) is 0 Å². The lowest BCUT2D eigenvalue weighted by atomic mass is 9.91. The van der Waals surface area contributed by atoms with Crippen molar-refractivity contribution in [2.24, 2.45) is 10.2 Å². The van der Waals surface area contributed by atoms with Gasteiger partial charge in [-0.05, 0) is 31.2 Å². The minimum absolute atomic E-state index is 0.00409. The maximum atomic E-state index is 11.8. The van der Waals surface area contributed by atoms with Crippen LogP contribution in [0.25, 0.3) is 0 Å². The minimum Gasteiger partial charge on any atom is -0.299 e. The molecule has 0 unspecified atom stereocenters. The molecule has 1 heterocycles. The number of ketones is 1. The first-order valence-corrected chi connectivity index (χ1v) is 6.63. The summed E-state index contributed by atoms with van der Waals surface area (Å²) in [5.74, 6) is -0.00409. The Labute approximate surface area is 122 Å². The molecule has 0 bridgehead atoms. The van der Waals surface area contributed by atoms with Gasteiger partial charge >= 0.3 is 0 Å². The van der Waals surface area contributed by atoms with E-state index in [-0.39, 0.29) is 22.4 Å². The van der Waals surface area contributed by atoms with E-state index in [1.807, 2.05) is 20.8 Å². The SMILES string of the molecule is CC(=O)c1ccc(N=Nc2c(C(C)(C)C)[nH][nH]c2=O)cc1. The number of rotatable bonds is 3. The number of azo groups is 1. The number of Topliss-reactive ketones (excluding diaryl/α,β-unsaturated/α-hetero) is 1. The van der Waals surface area contributed by atoms with Crippen molar-refractivity contribution < 1.29 is 4.79 Å². The maximum absolute atomic E-state index is 11.8. The summed E-state index contributed by atoms with van der Waals surface area (Å²) in [4.78, 5) is 23.0.